The van der Waals surface area contributed by atoms with E-state index >= 15 is 0 Å². The van der Waals surface area contributed by atoms with Crippen molar-refractivity contribution in [3.63, 3.8) is 0 Å². The first kappa shape index (κ1) is 14.7. The van der Waals surface area contributed by atoms with Crippen LogP contribution in [-0.2, 0) is 9.59 Å². The highest BCUT2D eigenvalue weighted by atomic mass is 79.9. The number of anilines is 1. The molecule has 0 unspecified atom stereocenters. The number of hydrogen-bond acceptors (Lipinski definition) is 3. The highest BCUT2D eigenvalue weighted by molar-refractivity contribution is 9.10. The van der Waals surface area contributed by atoms with Gasteiger partial charge in [0.25, 0.3) is 0 Å². The second-order valence-corrected chi connectivity index (χ2v) is 8.47. The van der Waals surface area contributed by atoms with Gasteiger partial charge in [0.05, 0.1) is 18.5 Å². The minimum Gasteiger partial charge on any atom is -0.367 e. The van der Waals surface area contributed by atoms with Crippen LogP contribution < -0.4 is 5.32 Å². The third kappa shape index (κ3) is 1.91. The number of carbonyl (C=O) groups is 2. The second kappa shape index (κ2) is 4.94. The molecule has 1 aromatic carbocycles. The molecule has 4 aliphatic carbocycles. The van der Waals surface area contributed by atoms with Gasteiger partial charge >= 0.3 is 0 Å². The van der Waals surface area contributed by atoms with E-state index in [1.165, 1.54) is 11.3 Å². The van der Waals surface area contributed by atoms with Crippen LogP contribution in [0, 0.1) is 42.4 Å². The molecule has 24 heavy (non-hydrogen) atoms. The number of carbonyl (C=O) groups excluding carboxylic acids is 2. The highest BCUT2D eigenvalue weighted by Gasteiger charge is 2.66. The van der Waals surface area contributed by atoms with Crippen molar-refractivity contribution in [1.82, 2.24) is 4.90 Å². The Kier molecular flexibility index (Phi) is 3.03. The molecule has 0 radical (unpaired) electrons. The maximum absolute atomic E-state index is 12.9. The molecule has 124 valence electrons. The van der Waals surface area contributed by atoms with Crippen molar-refractivity contribution in [1.29, 1.82) is 0 Å². The number of halogens is 1. The third-order valence-corrected chi connectivity index (χ3v) is 6.86. The van der Waals surface area contributed by atoms with Crippen LogP contribution in [0.4, 0.5) is 5.69 Å². The number of imide groups is 1. The molecule has 2 saturated carbocycles. The summed E-state index contributed by atoms with van der Waals surface area (Å²) in [6.45, 7) is 2.28. The Morgan fingerprint density at radius 2 is 1.75 bits per heavy atom. The summed E-state index contributed by atoms with van der Waals surface area (Å²) in [5, 5.41) is 3.27. The van der Waals surface area contributed by atoms with Crippen LogP contribution in [0.2, 0.25) is 0 Å². The summed E-state index contributed by atoms with van der Waals surface area (Å²) in [5.41, 5.74) is 2.04. The van der Waals surface area contributed by atoms with Gasteiger partial charge in [0.15, 0.2) is 0 Å². The van der Waals surface area contributed by atoms with Crippen LogP contribution in [0.5, 0.6) is 0 Å². The summed E-state index contributed by atoms with van der Waals surface area (Å²) in [4.78, 5) is 27.2. The molecule has 0 spiro atoms. The van der Waals surface area contributed by atoms with Gasteiger partial charge in [0.1, 0.15) is 0 Å². The van der Waals surface area contributed by atoms with E-state index in [1.54, 1.807) is 0 Å². The van der Waals surface area contributed by atoms with Crippen LogP contribution in [0.15, 0.2) is 34.8 Å². The Hall–Kier alpha value is -1.62. The zero-order chi connectivity index (χ0) is 16.6. The van der Waals surface area contributed by atoms with E-state index in [4.69, 9.17) is 0 Å². The maximum Gasteiger partial charge on any atom is 0.235 e. The SMILES string of the molecule is Cc1cc(Br)ccc1NCN1C(=O)[C@@H]2[C@@H]3C=C[C@H]([C@@H]4C[C@@H]34)[C@H]2C1=O. The lowest BCUT2D eigenvalue weighted by Crippen LogP contribution is -2.40. The summed E-state index contributed by atoms with van der Waals surface area (Å²) in [6.07, 6.45) is 5.62. The minimum absolute atomic E-state index is 0.0250. The third-order valence-electron chi connectivity index (χ3n) is 6.37. The molecule has 3 fully saturated rings. The quantitative estimate of drug-likeness (QED) is 0.640. The first-order valence-corrected chi connectivity index (χ1v) is 9.39. The number of nitrogens with zero attached hydrogens (tertiary/aromatic N) is 1. The fourth-order valence-electron chi connectivity index (χ4n) is 5.16. The Morgan fingerprint density at radius 3 is 2.33 bits per heavy atom. The summed E-state index contributed by atoms with van der Waals surface area (Å²) < 4.78 is 1.02. The maximum atomic E-state index is 12.9. The van der Waals surface area contributed by atoms with Gasteiger partial charge in [-0.1, -0.05) is 28.1 Å². The summed E-state index contributed by atoms with van der Waals surface area (Å²) in [5.74, 6) is 1.73. The van der Waals surface area contributed by atoms with Crippen LogP contribution in [0.25, 0.3) is 0 Å². The number of hydrogen-bond donors (Lipinski definition) is 1. The molecule has 4 nitrogen and oxygen atoms in total. The average molecular weight is 387 g/mol. The summed E-state index contributed by atoms with van der Waals surface area (Å²) in [7, 11) is 0. The summed E-state index contributed by atoms with van der Waals surface area (Å²) in [6, 6.07) is 5.95. The molecule has 1 N–H and O–H groups in total. The van der Waals surface area contributed by atoms with E-state index in [9.17, 15) is 9.59 Å². The normalized spacial score (nSPS) is 38.3. The van der Waals surface area contributed by atoms with Crippen molar-refractivity contribution in [2.75, 3.05) is 12.0 Å². The van der Waals surface area contributed by atoms with Crippen molar-refractivity contribution < 1.29 is 9.59 Å². The van der Waals surface area contributed by atoms with Crippen LogP contribution in [-0.4, -0.2) is 23.4 Å². The smallest absolute Gasteiger partial charge is 0.235 e. The van der Waals surface area contributed by atoms with Gasteiger partial charge in [0.2, 0.25) is 11.8 Å². The van der Waals surface area contributed by atoms with Crippen molar-refractivity contribution >= 4 is 33.4 Å². The highest BCUT2D eigenvalue weighted by Crippen LogP contribution is 2.65. The van der Waals surface area contributed by atoms with Crippen molar-refractivity contribution in [2.45, 2.75) is 13.3 Å². The van der Waals surface area contributed by atoms with Gasteiger partial charge in [0, 0.05) is 10.2 Å². The molecule has 1 saturated heterocycles. The predicted octanol–water partition coefficient (Wildman–Crippen LogP) is 3.18. The molecule has 1 aliphatic heterocycles. The molecule has 5 aliphatic rings. The van der Waals surface area contributed by atoms with Gasteiger partial charge in [-0.15, -0.1) is 0 Å². The largest absolute Gasteiger partial charge is 0.367 e. The molecular formula is C19H19BrN2O2. The molecule has 5 heteroatoms. The fraction of sp³-hybridized carbons (Fsp3) is 0.474. The van der Waals surface area contributed by atoms with E-state index in [1.807, 2.05) is 25.1 Å². The van der Waals surface area contributed by atoms with E-state index < -0.39 is 0 Å². The van der Waals surface area contributed by atoms with Gasteiger partial charge < -0.3 is 5.32 Å². The molecule has 0 aromatic heterocycles. The van der Waals surface area contributed by atoms with E-state index in [0.717, 1.165) is 15.7 Å². The van der Waals surface area contributed by atoms with Crippen molar-refractivity contribution in [3.05, 3.63) is 40.4 Å². The lowest BCUT2D eigenvalue weighted by atomic mass is 9.63. The van der Waals surface area contributed by atoms with E-state index in [0.29, 0.717) is 23.7 Å². The molecule has 2 bridgehead atoms. The lowest BCUT2D eigenvalue weighted by Gasteiger charge is -2.37. The van der Waals surface area contributed by atoms with E-state index in [2.05, 4.69) is 33.4 Å². The number of nitrogens with one attached hydrogen (secondary N) is 1. The van der Waals surface area contributed by atoms with Gasteiger partial charge in [-0.3, -0.25) is 14.5 Å². The topological polar surface area (TPSA) is 49.4 Å². The number of aryl methyl sites for hydroxylation is 1. The number of allylic oxidation sites excluding steroid dienone is 2. The first-order chi connectivity index (χ1) is 11.6. The second-order valence-electron chi connectivity index (χ2n) is 7.55. The number of amides is 2. The number of likely N-dealkylation sites (tertiary alicyclic amines) is 1. The molecule has 1 aromatic rings. The van der Waals surface area contributed by atoms with Gasteiger partial charge in [-0.2, -0.15) is 0 Å². The van der Waals surface area contributed by atoms with Crippen molar-refractivity contribution in [2.24, 2.45) is 35.5 Å². The summed E-state index contributed by atoms with van der Waals surface area (Å²) >= 11 is 3.45. The monoisotopic (exact) mass is 386 g/mol. The number of benzene rings is 1. The first-order valence-electron chi connectivity index (χ1n) is 8.60. The fourth-order valence-corrected chi connectivity index (χ4v) is 5.64. The lowest BCUT2D eigenvalue weighted by molar-refractivity contribution is -0.139. The van der Waals surface area contributed by atoms with Gasteiger partial charge in [-0.25, -0.2) is 0 Å². The van der Waals surface area contributed by atoms with Gasteiger partial charge in [-0.05, 0) is 60.8 Å². The zero-order valence-corrected chi connectivity index (χ0v) is 15.0. The molecular weight excluding hydrogens is 368 g/mol. The Balaban J connectivity index is 1.37. The molecule has 6 atom stereocenters. The van der Waals surface area contributed by atoms with E-state index in [-0.39, 0.29) is 30.3 Å². The van der Waals surface area contributed by atoms with Crippen LogP contribution >= 0.6 is 15.9 Å². The predicted molar refractivity (Wildman–Crippen MR) is 93.9 cm³/mol. The number of rotatable bonds is 3. The Labute approximate surface area is 149 Å². The average Bonchev–Trinajstić information content (AvgIpc) is 3.33. The Bertz CT molecular complexity index is 754. The zero-order valence-electron chi connectivity index (χ0n) is 13.4. The molecule has 2 amide bonds. The minimum atomic E-state index is -0.107. The van der Waals surface area contributed by atoms with Crippen molar-refractivity contribution in [3.8, 4) is 0 Å². The Morgan fingerprint density at radius 1 is 1.12 bits per heavy atom. The van der Waals surface area contributed by atoms with Crippen LogP contribution in [0.3, 0.4) is 0 Å². The standard InChI is InChI=1S/C19H19BrN2O2/c1-9-6-10(20)2-5-15(9)21-8-22-18(23)16-11-3-4-12(14-7-13(11)14)17(16)19(22)24/h2-6,11-14,16-17,21H,7-8H2,1H3/t11-,12-,13+,14+,16-,17-/m1/s1. The van der Waals surface area contributed by atoms with Crippen LogP contribution in [0.1, 0.15) is 12.0 Å². The molecule has 6 rings (SSSR count). The molecule has 1 heterocycles.